The average molecular weight is 680 g/mol. The van der Waals surface area contributed by atoms with Gasteiger partial charge in [0.2, 0.25) is 0 Å². The maximum absolute atomic E-state index is 13.6. The first-order valence-corrected chi connectivity index (χ1v) is 17.8. The predicted octanol–water partition coefficient (Wildman–Crippen LogP) is 6.22. The van der Waals surface area contributed by atoms with Gasteiger partial charge in [-0.05, 0) is 114 Å². The third-order valence-electron chi connectivity index (χ3n) is 9.87. The number of hydrogen-bond donors (Lipinski definition) is 3. The standard InChI is InChI=1S/C33H41ClF3N5O3S/c1-19-12-20(2)38-29(19)16-26-25-15-27(28(34)17-30(25)40-31(26)43)32(44)39-22-13-23-4-5-24(14-22)42(23)46(45)18-21-6-10-41(11-7-21)9-3-8-33(35,36)37/h12,15-17,21-24,38H,3-11,13-14,18H2,1-2H3,(H,39,44)(H,40,43)/b26-16-. The molecule has 2 bridgehead atoms. The van der Waals surface area contributed by atoms with Crippen LogP contribution in [-0.2, 0) is 15.8 Å². The van der Waals surface area contributed by atoms with E-state index in [1.807, 2.05) is 19.9 Å². The minimum atomic E-state index is -4.11. The number of piperidine rings is 2. The van der Waals surface area contributed by atoms with Crippen LogP contribution in [0.25, 0.3) is 11.6 Å². The summed E-state index contributed by atoms with van der Waals surface area (Å²) in [6.45, 7) is 5.87. The predicted molar refractivity (Wildman–Crippen MR) is 175 cm³/mol. The Kier molecular flexibility index (Phi) is 9.72. The van der Waals surface area contributed by atoms with Gasteiger partial charge >= 0.3 is 6.18 Å². The number of H-pyrrole nitrogens is 1. The maximum atomic E-state index is 13.6. The second-order valence-corrected chi connectivity index (χ2v) is 15.1. The van der Waals surface area contributed by atoms with Crippen LogP contribution in [0.3, 0.4) is 0 Å². The fraction of sp³-hybridized carbons (Fsp3) is 0.576. The van der Waals surface area contributed by atoms with Gasteiger partial charge < -0.3 is 20.5 Å². The number of amides is 2. The normalized spacial score (nSPS) is 25.6. The Labute approximate surface area is 275 Å². The lowest BCUT2D eigenvalue weighted by atomic mass is 9.98. The summed E-state index contributed by atoms with van der Waals surface area (Å²) in [7, 11) is -1.14. The van der Waals surface area contributed by atoms with E-state index in [-0.39, 0.29) is 41.4 Å². The van der Waals surface area contributed by atoms with Crippen molar-refractivity contribution < 1.29 is 27.0 Å². The molecule has 1 aromatic heterocycles. The number of alkyl halides is 3. The van der Waals surface area contributed by atoms with Crippen molar-refractivity contribution in [2.24, 2.45) is 5.92 Å². The molecule has 3 saturated heterocycles. The highest BCUT2D eigenvalue weighted by atomic mass is 35.5. The van der Waals surface area contributed by atoms with Crippen molar-refractivity contribution in [2.45, 2.75) is 89.5 Å². The molecule has 46 heavy (non-hydrogen) atoms. The number of aromatic nitrogens is 1. The fourth-order valence-electron chi connectivity index (χ4n) is 7.59. The van der Waals surface area contributed by atoms with Gasteiger partial charge in [0.15, 0.2) is 0 Å². The lowest BCUT2D eigenvalue weighted by Gasteiger charge is -2.39. The molecule has 2 aromatic rings. The first kappa shape index (κ1) is 33.2. The van der Waals surface area contributed by atoms with Gasteiger partial charge in [0.25, 0.3) is 11.8 Å². The minimum absolute atomic E-state index is 0.0816. The Morgan fingerprint density at radius 2 is 1.80 bits per heavy atom. The third kappa shape index (κ3) is 7.40. The molecular weight excluding hydrogens is 639 g/mol. The lowest BCUT2D eigenvalue weighted by Crippen LogP contribution is -2.51. The van der Waals surface area contributed by atoms with E-state index in [0.717, 1.165) is 55.7 Å². The number of benzene rings is 1. The SMILES string of the molecule is Cc1cc(C)c(/C=C2\C(=O)Nc3cc(Cl)c(C(=O)NC4CC5CCC(C4)N5S(=O)CC4CCN(CCCC(F)(F)F)CC4)cc32)[nH]1. The van der Waals surface area contributed by atoms with E-state index in [4.69, 9.17) is 11.6 Å². The zero-order valence-corrected chi connectivity index (χ0v) is 27.7. The summed E-state index contributed by atoms with van der Waals surface area (Å²) in [5, 5.41) is 6.28. The summed E-state index contributed by atoms with van der Waals surface area (Å²) in [6.07, 6.45) is 2.02. The van der Waals surface area contributed by atoms with E-state index < -0.39 is 23.6 Å². The smallest absolute Gasteiger partial charge is 0.359 e. The van der Waals surface area contributed by atoms with Crippen LogP contribution in [0.1, 0.15) is 84.2 Å². The molecule has 250 valence electrons. The van der Waals surface area contributed by atoms with Crippen LogP contribution in [0.15, 0.2) is 18.2 Å². The quantitative estimate of drug-likeness (QED) is 0.274. The van der Waals surface area contributed by atoms with E-state index >= 15 is 0 Å². The molecule has 4 aliphatic heterocycles. The number of aromatic amines is 1. The Morgan fingerprint density at radius 1 is 1.11 bits per heavy atom. The molecule has 8 nitrogen and oxygen atoms in total. The van der Waals surface area contributed by atoms with Crippen LogP contribution in [0.4, 0.5) is 18.9 Å². The van der Waals surface area contributed by atoms with E-state index in [1.165, 1.54) is 0 Å². The summed E-state index contributed by atoms with van der Waals surface area (Å²) in [4.78, 5) is 31.7. The van der Waals surface area contributed by atoms with Gasteiger partial charge in [0, 0.05) is 47.3 Å². The molecule has 13 heteroatoms. The molecule has 0 spiro atoms. The van der Waals surface area contributed by atoms with E-state index in [0.29, 0.717) is 53.4 Å². The molecular formula is C33H41ClF3N5O3S. The summed E-state index contributed by atoms with van der Waals surface area (Å²) in [6, 6.07) is 5.47. The van der Waals surface area contributed by atoms with Gasteiger partial charge in [-0.1, -0.05) is 11.6 Å². The van der Waals surface area contributed by atoms with Crippen molar-refractivity contribution >= 4 is 51.7 Å². The molecule has 0 saturated carbocycles. The number of fused-ring (bicyclic) bond motifs is 3. The Morgan fingerprint density at radius 3 is 2.43 bits per heavy atom. The van der Waals surface area contributed by atoms with Crippen molar-refractivity contribution in [3.63, 3.8) is 0 Å². The van der Waals surface area contributed by atoms with Gasteiger partial charge in [-0.15, -0.1) is 0 Å². The fourth-order valence-corrected chi connectivity index (χ4v) is 9.79. The summed E-state index contributed by atoms with van der Waals surface area (Å²) < 4.78 is 53.2. The number of likely N-dealkylation sites (tertiary alicyclic amines) is 1. The van der Waals surface area contributed by atoms with Crippen LogP contribution in [0.5, 0.6) is 0 Å². The summed E-state index contributed by atoms with van der Waals surface area (Å²) in [5.41, 5.74) is 4.81. The van der Waals surface area contributed by atoms with Crippen molar-refractivity contribution in [1.82, 2.24) is 19.5 Å². The Balaban J connectivity index is 1.04. The second-order valence-electron chi connectivity index (χ2n) is 13.3. The number of halogens is 4. The number of rotatable bonds is 9. The van der Waals surface area contributed by atoms with Crippen LogP contribution in [-0.4, -0.2) is 79.9 Å². The number of aryl methyl sites for hydroxylation is 2. The largest absolute Gasteiger partial charge is 0.389 e. The molecule has 3 fully saturated rings. The van der Waals surface area contributed by atoms with E-state index in [2.05, 4.69) is 24.8 Å². The molecule has 0 radical (unpaired) electrons. The molecule has 4 aliphatic rings. The van der Waals surface area contributed by atoms with Crippen molar-refractivity contribution in [2.75, 3.05) is 30.7 Å². The highest BCUT2D eigenvalue weighted by Gasteiger charge is 2.44. The molecule has 1 aromatic carbocycles. The number of hydrogen-bond acceptors (Lipinski definition) is 4. The maximum Gasteiger partial charge on any atom is 0.389 e. The first-order chi connectivity index (χ1) is 21.8. The third-order valence-corrected chi connectivity index (χ3v) is 12.0. The van der Waals surface area contributed by atoms with Crippen molar-refractivity contribution in [3.8, 4) is 0 Å². The van der Waals surface area contributed by atoms with Crippen LogP contribution in [0.2, 0.25) is 5.02 Å². The topological polar surface area (TPSA) is 97.5 Å². The molecule has 3 atom stereocenters. The number of nitrogens with zero attached hydrogens (tertiary/aromatic N) is 2. The zero-order chi connectivity index (χ0) is 32.7. The van der Waals surface area contributed by atoms with Gasteiger partial charge in [0.1, 0.15) is 0 Å². The Bertz CT molecular complexity index is 1540. The second kappa shape index (κ2) is 13.4. The molecule has 0 aliphatic carbocycles. The van der Waals surface area contributed by atoms with Crippen molar-refractivity contribution in [3.05, 3.63) is 51.3 Å². The van der Waals surface area contributed by atoms with Gasteiger partial charge in [-0.2, -0.15) is 13.2 Å². The zero-order valence-electron chi connectivity index (χ0n) is 26.1. The highest BCUT2D eigenvalue weighted by Crippen LogP contribution is 2.40. The van der Waals surface area contributed by atoms with E-state index in [1.54, 1.807) is 18.2 Å². The summed E-state index contributed by atoms with van der Waals surface area (Å²) in [5.74, 6) is 0.330. The summed E-state index contributed by atoms with van der Waals surface area (Å²) >= 11 is 6.55. The number of carbonyl (C=O) groups is 2. The van der Waals surface area contributed by atoms with Crippen LogP contribution >= 0.6 is 11.6 Å². The number of nitrogens with one attached hydrogen (secondary N) is 3. The highest BCUT2D eigenvalue weighted by molar-refractivity contribution is 7.82. The van der Waals surface area contributed by atoms with Crippen LogP contribution < -0.4 is 10.6 Å². The van der Waals surface area contributed by atoms with Gasteiger partial charge in [0.05, 0.1) is 32.8 Å². The number of carbonyl (C=O) groups excluding carboxylic acids is 2. The van der Waals surface area contributed by atoms with Gasteiger partial charge in [-0.3, -0.25) is 9.59 Å². The average Bonchev–Trinajstić information content (AvgIpc) is 3.56. The first-order valence-electron chi connectivity index (χ1n) is 16.1. The van der Waals surface area contributed by atoms with Crippen LogP contribution in [0, 0.1) is 19.8 Å². The molecule has 3 unspecified atom stereocenters. The monoisotopic (exact) mass is 679 g/mol. The van der Waals surface area contributed by atoms with Crippen molar-refractivity contribution in [1.29, 1.82) is 0 Å². The van der Waals surface area contributed by atoms with E-state index in [9.17, 15) is 27.0 Å². The number of anilines is 1. The van der Waals surface area contributed by atoms with Gasteiger partial charge in [-0.25, -0.2) is 8.51 Å². The molecule has 5 heterocycles. The minimum Gasteiger partial charge on any atom is -0.359 e. The Hall–Kier alpha value is -2.67. The molecule has 3 N–H and O–H groups in total. The molecule has 6 rings (SSSR count). The lowest BCUT2D eigenvalue weighted by molar-refractivity contribution is -0.136. The molecule has 2 amide bonds.